The number of aryl methyl sites for hydroxylation is 1. The van der Waals surface area contributed by atoms with Crippen LogP contribution in [0.1, 0.15) is 23.7 Å². The monoisotopic (exact) mass is 373 g/mol. The van der Waals surface area contributed by atoms with Crippen LogP contribution >= 0.6 is 15.9 Å². The Hall–Kier alpha value is -2.20. The molecule has 1 heterocycles. The third-order valence-corrected chi connectivity index (χ3v) is 3.41. The maximum Gasteiger partial charge on any atom is 0.191 e. The van der Waals surface area contributed by atoms with Crippen molar-refractivity contribution >= 4 is 21.7 Å². The Morgan fingerprint density at radius 2 is 1.61 bits per heavy atom. The number of hydrogen-bond donors (Lipinski definition) is 0. The smallest absolute Gasteiger partial charge is 0.191 e. The molecule has 3 nitrogen and oxygen atoms in total. The van der Waals surface area contributed by atoms with E-state index in [4.69, 9.17) is 4.42 Å². The SMILES string of the molecule is C.Cc1nc(-c2ccccc2)co1.O=C(CBr)c1ccccc1. The van der Waals surface area contributed by atoms with Gasteiger partial charge in [0, 0.05) is 18.1 Å². The number of oxazole rings is 1. The highest BCUT2D eigenvalue weighted by Crippen LogP contribution is 2.16. The summed E-state index contributed by atoms with van der Waals surface area (Å²) in [6.07, 6.45) is 1.67. The normalized spacial score (nSPS) is 9.30. The lowest BCUT2D eigenvalue weighted by Gasteiger charge is -1.92. The minimum absolute atomic E-state index is 0. The first kappa shape index (κ1) is 18.8. The van der Waals surface area contributed by atoms with E-state index in [2.05, 4.69) is 20.9 Å². The summed E-state index contributed by atoms with van der Waals surface area (Å²) in [4.78, 5) is 15.2. The number of carbonyl (C=O) groups is 1. The van der Waals surface area contributed by atoms with E-state index >= 15 is 0 Å². The molecule has 1 aromatic heterocycles. The standard InChI is InChI=1S/C10H9NO.C8H7BrO.CH4/c1-8-11-10(7-12-8)9-5-3-2-4-6-9;9-6-8(10)7-4-2-1-3-5-7;/h2-7H,1H3;1-5H,6H2;1H4. The highest BCUT2D eigenvalue weighted by molar-refractivity contribution is 9.09. The van der Waals surface area contributed by atoms with Crippen LogP contribution in [0.4, 0.5) is 0 Å². The summed E-state index contributed by atoms with van der Waals surface area (Å²) in [6.45, 7) is 1.84. The average Bonchev–Trinajstić information content (AvgIpc) is 3.03. The molecule has 0 saturated carbocycles. The summed E-state index contributed by atoms with van der Waals surface area (Å²) >= 11 is 3.10. The highest BCUT2D eigenvalue weighted by Gasteiger charge is 2.01. The van der Waals surface area contributed by atoms with Crippen molar-refractivity contribution in [1.29, 1.82) is 0 Å². The van der Waals surface area contributed by atoms with Crippen molar-refractivity contribution in [3.8, 4) is 11.3 Å². The first-order valence-electron chi connectivity index (χ1n) is 6.82. The number of hydrogen-bond acceptors (Lipinski definition) is 3. The number of carbonyl (C=O) groups excluding carboxylic acids is 1. The third-order valence-electron chi connectivity index (χ3n) is 2.91. The molecule has 3 rings (SSSR count). The van der Waals surface area contributed by atoms with Gasteiger partial charge >= 0.3 is 0 Å². The van der Waals surface area contributed by atoms with Gasteiger partial charge in [-0.15, -0.1) is 0 Å². The van der Waals surface area contributed by atoms with Crippen molar-refractivity contribution in [2.75, 3.05) is 5.33 Å². The molecule has 0 N–H and O–H groups in total. The van der Waals surface area contributed by atoms with E-state index in [1.807, 2.05) is 67.6 Å². The fraction of sp³-hybridized carbons (Fsp3) is 0.158. The Bertz CT molecular complexity index is 709. The van der Waals surface area contributed by atoms with Gasteiger partial charge in [0.25, 0.3) is 0 Å². The molecule has 0 bridgehead atoms. The van der Waals surface area contributed by atoms with E-state index in [-0.39, 0.29) is 13.2 Å². The maximum absolute atomic E-state index is 11.0. The number of nitrogens with zero attached hydrogens (tertiary/aromatic N) is 1. The van der Waals surface area contributed by atoms with Crippen molar-refractivity contribution < 1.29 is 9.21 Å². The van der Waals surface area contributed by atoms with Gasteiger partial charge < -0.3 is 4.42 Å². The Kier molecular flexibility index (Phi) is 7.98. The van der Waals surface area contributed by atoms with Crippen LogP contribution in [0.25, 0.3) is 11.3 Å². The van der Waals surface area contributed by atoms with Crippen molar-refractivity contribution in [3.63, 3.8) is 0 Å². The molecular formula is C19H20BrNO2. The molecule has 0 aliphatic carbocycles. The summed E-state index contributed by atoms with van der Waals surface area (Å²) in [6, 6.07) is 19.2. The number of rotatable bonds is 3. The highest BCUT2D eigenvalue weighted by atomic mass is 79.9. The van der Waals surface area contributed by atoms with Gasteiger partial charge in [0.2, 0.25) is 0 Å². The first-order valence-corrected chi connectivity index (χ1v) is 7.94. The molecule has 0 atom stereocenters. The van der Waals surface area contributed by atoms with Crippen molar-refractivity contribution in [2.45, 2.75) is 14.4 Å². The van der Waals surface area contributed by atoms with Crippen molar-refractivity contribution in [2.24, 2.45) is 0 Å². The van der Waals surface area contributed by atoms with Gasteiger partial charge in [-0.25, -0.2) is 4.98 Å². The van der Waals surface area contributed by atoms with Crippen LogP contribution in [0.5, 0.6) is 0 Å². The summed E-state index contributed by atoms with van der Waals surface area (Å²) in [5.41, 5.74) is 2.75. The Labute approximate surface area is 145 Å². The van der Waals surface area contributed by atoms with E-state index < -0.39 is 0 Å². The second-order valence-corrected chi connectivity index (χ2v) is 5.10. The van der Waals surface area contributed by atoms with Crippen LogP contribution in [0.3, 0.4) is 0 Å². The Morgan fingerprint density at radius 1 is 1.04 bits per heavy atom. The zero-order chi connectivity index (χ0) is 15.8. The van der Waals surface area contributed by atoms with Gasteiger partial charge in [0.1, 0.15) is 12.0 Å². The van der Waals surface area contributed by atoms with Crippen molar-refractivity contribution in [3.05, 3.63) is 78.4 Å². The van der Waals surface area contributed by atoms with E-state index in [0.29, 0.717) is 11.2 Å². The molecular weight excluding hydrogens is 354 g/mol. The molecule has 0 radical (unpaired) electrons. The minimum atomic E-state index is 0. The lowest BCUT2D eigenvalue weighted by molar-refractivity contribution is 0.102. The zero-order valence-corrected chi connectivity index (χ0v) is 13.8. The summed E-state index contributed by atoms with van der Waals surface area (Å²) in [5, 5.41) is 0.400. The Morgan fingerprint density at radius 3 is 2.09 bits per heavy atom. The van der Waals surface area contributed by atoms with Gasteiger partial charge in [-0.1, -0.05) is 84.0 Å². The number of aromatic nitrogens is 1. The van der Waals surface area contributed by atoms with Crippen LogP contribution in [-0.2, 0) is 0 Å². The minimum Gasteiger partial charge on any atom is -0.449 e. The summed E-state index contributed by atoms with van der Waals surface area (Å²) in [7, 11) is 0. The second-order valence-electron chi connectivity index (χ2n) is 4.54. The molecule has 0 aliphatic rings. The molecule has 0 saturated heterocycles. The summed E-state index contributed by atoms with van der Waals surface area (Å²) < 4.78 is 5.11. The van der Waals surface area contributed by atoms with E-state index in [0.717, 1.165) is 16.8 Å². The molecule has 0 spiro atoms. The molecule has 23 heavy (non-hydrogen) atoms. The van der Waals surface area contributed by atoms with Gasteiger partial charge in [0.05, 0.1) is 5.33 Å². The molecule has 0 amide bonds. The lowest BCUT2D eigenvalue weighted by atomic mass is 10.2. The number of Topliss-reactive ketones (excluding diaryl/α,β-unsaturated/α-hetero) is 1. The van der Waals surface area contributed by atoms with E-state index in [1.165, 1.54) is 0 Å². The van der Waals surface area contributed by atoms with Gasteiger partial charge in [-0.2, -0.15) is 0 Å². The van der Waals surface area contributed by atoms with Crippen LogP contribution in [-0.4, -0.2) is 16.1 Å². The molecule has 0 fully saturated rings. The molecule has 3 aromatic rings. The second kappa shape index (κ2) is 9.74. The number of benzene rings is 2. The Balaban J connectivity index is 0.000000224. The molecule has 4 heteroatoms. The van der Waals surface area contributed by atoms with Crippen molar-refractivity contribution in [1.82, 2.24) is 4.98 Å². The maximum atomic E-state index is 11.0. The third kappa shape index (κ3) is 5.83. The number of halogens is 1. The topological polar surface area (TPSA) is 43.1 Å². The van der Waals surface area contributed by atoms with E-state index in [9.17, 15) is 4.79 Å². The van der Waals surface area contributed by atoms with Crippen LogP contribution < -0.4 is 0 Å². The molecule has 0 aliphatic heterocycles. The largest absolute Gasteiger partial charge is 0.449 e. The van der Waals surface area contributed by atoms with Gasteiger partial charge in [-0.3, -0.25) is 4.79 Å². The number of ketones is 1. The lowest BCUT2D eigenvalue weighted by Crippen LogP contribution is -1.98. The van der Waals surface area contributed by atoms with Gasteiger partial charge in [0.15, 0.2) is 11.7 Å². The molecule has 2 aromatic carbocycles. The van der Waals surface area contributed by atoms with Crippen LogP contribution in [0.2, 0.25) is 0 Å². The predicted molar refractivity (Wildman–Crippen MR) is 98.0 cm³/mol. The molecule has 0 unspecified atom stereocenters. The quantitative estimate of drug-likeness (QED) is 0.446. The molecule has 120 valence electrons. The average molecular weight is 374 g/mol. The van der Waals surface area contributed by atoms with E-state index in [1.54, 1.807) is 6.26 Å². The van der Waals surface area contributed by atoms with Gasteiger partial charge in [-0.05, 0) is 0 Å². The van der Waals surface area contributed by atoms with Crippen LogP contribution in [0.15, 0.2) is 71.3 Å². The fourth-order valence-corrected chi connectivity index (χ4v) is 2.13. The predicted octanol–water partition coefficient (Wildman–Crippen LogP) is 5.55. The fourth-order valence-electron chi connectivity index (χ4n) is 1.81. The summed E-state index contributed by atoms with van der Waals surface area (Å²) in [5.74, 6) is 0.828. The van der Waals surface area contributed by atoms with Crippen LogP contribution in [0, 0.1) is 6.92 Å². The zero-order valence-electron chi connectivity index (χ0n) is 12.2. The number of alkyl halides is 1. The first-order chi connectivity index (χ1) is 10.7.